The van der Waals surface area contributed by atoms with Gasteiger partial charge in [0.25, 0.3) is 0 Å². The molecule has 0 amide bonds. The van der Waals surface area contributed by atoms with E-state index in [0.29, 0.717) is 6.54 Å². The molecule has 0 spiro atoms. The summed E-state index contributed by atoms with van der Waals surface area (Å²) in [5.74, 6) is 0.827. The van der Waals surface area contributed by atoms with E-state index in [-0.39, 0.29) is 0 Å². The van der Waals surface area contributed by atoms with Crippen molar-refractivity contribution in [2.24, 2.45) is 7.05 Å². The maximum Gasteiger partial charge on any atom is 0.120 e. The first-order chi connectivity index (χ1) is 8.17. The topological polar surface area (TPSA) is 46.4 Å². The molecule has 0 bridgehead atoms. The first-order valence-electron chi connectivity index (χ1n) is 5.63. The van der Waals surface area contributed by atoms with E-state index in [0.717, 1.165) is 22.2 Å². The van der Waals surface area contributed by atoms with Crippen LogP contribution in [0.2, 0.25) is 0 Å². The molecule has 0 aliphatic carbocycles. The molecule has 1 heterocycles. The first-order valence-corrected chi connectivity index (χ1v) is 5.63. The molecule has 4 nitrogen and oxygen atoms in total. The normalized spacial score (nSPS) is 12.9. The number of nitrogens with one attached hydrogen (secondary N) is 1. The molecule has 1 atom stereocenters. The van der Waals surface area contributed by atoms with Gasteiger partial charge in [0.1, 0.15) is 5.75 Å². The lowest BCUT2D eigenvalue weighted by Crippen LogP contribution is -2.16. The number of ether oxygens (including phenoxy) is 1. The predicted octanol–water partition coefficient (Wildman–Crippen LogP) is 1.44. The van der Waals surface area contributed by atoms with Gasteiger partial charge in [-0.3, -0.25) is 0 Å². The Balaban J connectivity index is 2.52. The van der Waals surface area contributed by atoms with E-state index in [1.165, 1.54) is 0 Å². The predicted molar refractivity (Wildman–Crippen MR) is 68.4 cm³/mol. The number of rotatable bonds is 4. The van der Waals surface area contributed by atoms with E-state index in [1.807, 2.05) is 43.1 Å². The van der Waals surface area contributed by atoms with Crippen molar-refractivity contribution in [3.05, 3.63) is 30.0 Å². The zero-order valence-corrected chi connectivity index (χ0v) is 10.4. The Bertz CT molecular complexity index is 519. The number of aliphatic hydroxyl groups is 1. The lowest BCUT2D eigenvalue weighted by Gasteiger charge is -2.08. The minimum absolute atomic E-state index is 0.489. The van der Waals surface area contributed by atoms with Crippen LogP contribution in [0.15, 0.2) is 24.4 Å². The van der Waals surface area contributed by atoms with Crippen LogP contribution in [0, 0.1) is 0 Å². The van der Waals surface area contributed by atoms with Gasteiger partial charge in [-0.05, 0) is 19.2 Å². The summed E-state index contributed by atoms with van der Waals surface area (Å²) in [5, 5.41) is 14.1. The van der Waals surface area contributed by atoms with Gasteiger partial charge >= 0.3 is 0 Å². The van der Waals surface area contributed by atoms with Crippen LogP contribution in [0.4, 0.5) is 0 Å². The molecule has 2 N–H and O–H groups in total. The molecule has 4 heteroatoms. The van der Waals surface area contributed by atoms with E-state index >= 15 is 0 Å². The molecule has 2 aromatic rings. The Hall–Kier alpha value is -1.52. The molecule has 0 radical (unpaired) electrons. The molecule has 1 aromatic heterocycles. The molecule has 2 rings (SSSR count). The van der Waals surface area contributed by atoms with Crippen molar-refractivity contribution in [1.82, 2.24) is 9.88 Å². The SMILES string of the molecule is CNCC(O)c1cn(C)c2cc(OC)ccc12. The van der Waals surface area contributed by atoms with Crippen LogP contribution in [0.3, 0.4) is 0 Å². The van der Waals surface area contributed by atoms with Crippen LogP contribution in [0.1, 0.15) is 11.7 Å². The zero-order valence-electron chi connectivity index (χ0n) is 10.4. The molecule has 92 valence electrons. The summed E-state index contributed by atoms with van der Waals surface area (Å²) in [6.07, 6.45) is 1.48. The quantitative estimate of drug-likeness (QED) is 0.841. The Morgan fingerprint density at radius 2 is 2.24 bits per heavy atom. The molecule has 0 aliphatic heterocycles. The van der Waals surface area contributed by atoms with Gasteiger partial charge in [0.2, 0.25) is 0 Å². The number of hydrogen-bond donors (Lipinski definition) is 2. The molecular formula is C13H18N2O2. The van der Waals surface area contributed by atoms with E-state index in [4.69, 9.17) is 4.74 Å². The highest BCUT2D eigenvalue weighted by Crippen LogP contribution is 2.28. The van der Waals surface area contributed by atoms with Crippen LogP contribution in [-0.4, -0.2) is 30.4 Å². The number of aliphatic hydroxyl groups excluding tert-OH is 1. The number of benzene rings is 1. The molecule has 0 fully saturated rings. The summed E-state index contributed by atoms with van der Waals surface area (Å²) >= 11 is 0. The highest BCUT2D eigenvalue weighted by molar-refractivity contribution is 5.85. The Kier molecular flexibility index (Phi) is 3.36. The number of aromatic nitrogens is 1. The number of methoxy groups -OCH3 is 1. The summed E-state index contributed by atoms with van der Waals surface area (Å²) < 4.78 is 7.21. The highest BCUT2D eigenvalue weighted by Gasteiger charge is 2.14. The zero-order chi connectivity index (χ0) is 12.4. The maximum atomic E-state index is 10.1. The summed E-state index contributed by atoms with van der Waals surface area (Å²) in [6, 6.07) is 5.88. The lowest BCUT2D eigenvalue weighted by molar-refractivity contribution is 0.179. The van der Waals surface area contributed by atoms with Gasteiger partial charge in [0.15, 0.2) is 0 Å². The Morgan fingerprint density at radius 1 is 1.47 bits per heavy atom. The van der Waals surface area contributed by atoms with Gasteiger partial charge in [-0.2, -0.15) is 0 Å². The minimum Gasteiger partial charge on any atom is -0.497 e. The Morgan fingerprint density at radius 3 is 2.88 bits per heavy atom. The Labute approximate surface area is 101 Å². The van der Waals surface area contributed by atoms with Crippen LogP contribution < -0.4 is 10.1 Å². The van der Waals surface area contributed by atoms with E-state index in [9.17, 15) is 5.11 Å². The summed E-state index contributed by atoms with van der Waals surface area (Å²) in [5.41, 5.74) is 2.01. The molecule has 0 saturated heterocycles. The third-order valence-electron chi connectivity index (χ3n) is 2.99. The second-order valence-electron chi connectivity index (χ2n) is 4.15. The fraction of sp³-hybridized carbons (Fsp3) is 0.385. The van der Waals surface area contributed by atoms with Crippen molar-refractivity contribution in [1.29, 1.82) is 0 Å². The second-order valence-corrected chi connectivity index (χ2v) is 4.15. The van der Waals surface area contributed by atoms with E-state index in [2.05, 4.69) is 5.32 Å². The molecule has 0 saturated carbocycles. The lowest BCUT2D eigenvalue weighted by atomic mass is 10.1. The summed E-state index contributed by atoms with van der Waals surface area (Å²) in [4.78, 5) is 0. The molecule has 1 aromatic carbocycles. The highest BCUT2D eigenvalue weighted by atomic mass is 16.5. The maximum absolute atomic E-state index is 10.1. The molecule has 17 heavy (non-hydrogen) atoms. The second kappa shape index (κ2) is 4.77. The monoisotopic (exact) mass is 234 g/mol. The van der Waals surface area contributed by atoms with Gasteiger partial charge < -0.3 is 19.7 Å². The van der Waals surface area contributed by atoms with Crippen molar-refractivity contribution in [3.63, 3.8) is 0 Å². The molecule has 1 unspecified atom stereocenters. The fourth-order valence-electron chi connectivity index (χ4n) is 2.09. The number of nitrogens with zero attached hydrogens (tertiary/aromatic N) is 1. The number of aryl methyl sites for hydroxylation is 1. The van der Waals surface area contributed by atoms with Crippen LogP contribution in [0.5, 0.6) is 5.75 Å². The molecular weight excluding hydrogens is 216 g/mol. The van der Waals surface area contributed by atoms with Gasteiger partial charge in [0.05, 0.1) is 18.7 Å². The summed E-state index contributed by atoms with van der Waals surface area (Å²) in [6.45, 7) is 0.547. The van der Waals surface area contributed by atoms with Crippen molar-refractivity contribution in [2.75, 3.05) is 20.7 Å². The van der Waals surface area contributed by atoms with Gasteiger partial charge in [-0.1, -0.05) is 0 Å². The van der Waals surface area contributed by atoms with Crippen molar-refractivity contribution < 1.29 is 9.84 Å². The first kappa shape index (κ1) is 12.0. The fourth-order valence-corrected chi connectivity index (χ4v) is 2.09. The third kappa shape index (κ3) is 2.14. The van der Waals surface area contributed by atoms with Gasteiger partial charge in [0, 0.05) is 36.8 Å². The number of likely N-dealkylation sites (N-methyl/N-ethyl adjacent to an activating group) is 1. The van der Waals surface area contributed by atoms with E-state index in [1.54, 1.807) is 7.11 Å². The third-order valence-corrected chi connectivity index (χ3v) is 2.99. The van der Waals surface area contributed by atoms with Crippen molar-refractivity contribution in [2.45, 2.75) is 6.10 Å². The van der Waals surface area contributed by atoms with Gasteiger partial charge in [-0.25, -0.2) is 0 Å². The minimum atomic E-state index is -0.489. The molecule has 0 aliphatic rings. The van der Waals surface area contributed by atoms with Crippen LogP contribution >= 0.6 is 0 Å². The average molecular weight is 234 g/mol. The summed E-state index contributed by atoms with van der Waals surface area (Å²) in [7, 11) is 5.45. The van der Waals surface area contributed by atoms with Crippen LogP contribution in [-0.2, 0) is 7.05 Å². The average Bonchev–Trinajstić information content (AvgIpc) is 2.67. The number of hydrogen-bond acceptors (Lipinski definition) is 3. The van der Waals surface area contributed by atoms with E-state index < -0.39 is 6.10 Å². The largest absolute Gasteiger partial charge is 0.497 e. The standard InChI is InChI=1S/C13H18N2O2/c1-14-7-13(16)11-8-15(2)12-6-9(17-3)4-5-10(11)12/h4-6,8,13-14,16H,7H2,1-3H3. The van der Waals surface area contributed by atoms with Gasteiger partial charge in [-0.15, -0.1) is 0 Å². The number of fused-ring (bicyclic) bond motifs is 1. The van der Waals surface area contributed by atoms with Crippen LogP contribution in [0.25, 0.3) is 10.9 Å². The van der Waals surface area contributed by atoms with Crippen molar-refractivity contribution >= 4 is 10.9 Å². The smallest absolute Gasteiger partial charge is 0.120 e. The van der Waals surface area contributed by atoms with Crippen molar-refractivity contribution in [3.8, 4) is 5.75 Å².